The fourth-order valence-electron chi connectivity index (χ4n) is 2.06. The Morgan fingerprint density at radius 2 is 2.22 bits per heavy atom. The molecule has 1 aliphatic carbocycles. The number of carbonyl (C=O) groups is 1. The summed E-state index contributed by atoms with van der Waals surface area (Å²) in [7, 11) is 0. The number of benzene rings is 1. The standard InChI is InChI=1S/C14H16N2OS/c1-2-9-16-11-5-3-4-6-12(11)18-14(16)15-13(17)10-7-8-10/h3-6,10H,2,7-9H2,1H3. The summed E-state index contributed by atoms with van der Waals surface area (Å²) in [6.45, 7) is 3.06. The highest BCUT2D eigenvalue weighted by atomic mass is 32.1. The van der Waals surface area contributed by atoms with Crippen LogP contribution >= 0.6 is 11.3 Å². The first kappa shape index (κ1) is 11.7. The lowest BCUT2D eigenvalue weighted by Crippen LogP contribution is -2.17. The van der Waals surface area contributed by atoms with Crippen molar-refractivity contribution < 1.29 is 4.79 Å². The van der Waals surface area contributed by atoms with Crippen LogP contribution < -0.4 is 4.80 Å². The molecule has 1 aromatic carbocycles. The van der Waals surface area contributed by atoms with E-state index in [1.165, 1.54) is 10.2 Å². The number of hydrogen-bond donors (Lipinski definition) is 0. The van der Waals surface area contributed by atoms with Crippen molar-refractivity contribution in [1.29, 1.82) is 0 Å². The molecule has 0 atom stereocenters. The number of nitrogens with zero attached hydrogens (tertiary/aromatic N) is 2. The van der Waals surface area contributed by atoms with Gasteiger partial charge in [0.25, 0.3) is 5.91 Å². The van der Waals surface area contributed by atoms with Crippen LogP contribution in [-0.4, -0.2) is 10.5 Å². The van der Waals surface area contributed by atoms with Crippen LogP contribution in [0.3, 0.4) is 0 Å². The third kappa shape index (κ3) is 2.12. The zero-order valence-electron chi connectivity index (χ0n) is 10.4. The molecule has 3 nitrogen and oxygen atoms in total. The first-order valence-corrected chi connectivity index (χ1v) is 7.28. The summed E-state index contributed by atoms with van der Waals surface area (Å²) >= 11 is 1.61. The van der Waals surface area contributed by atoms with Crippen LogP contribution in [0.2, 0.25) is 0 Å². The number of para-hydroxylation sites is 1. The number of hydrogen-bond acceptors (Lipinski definition) is 2. The molecule has 0 unspecified atom stereocenters. The lowest BCUT2D eigenvalue weighted by molar-refractivity contribution is -0.119. The highest BCUT2D eigenvalue weighted by molar-refractivity contribution is 7.16. The van der Waals surface area contributed by atoms with Crippen LogP contribution in [0.25, 0.3) is 10.2 Å². The van der Waals surface area contributed by atoms with Gasteiger partial charge in [0, 0.05) is 12.5 Å². The zero-order valence-corrected chi connectivity index (χ0v) is 11.2. The summed E-state index contributed by atoms with van der Waals surface area (Å²) in [5, 5.41) is 0. The second kappa shape index (κ2) is 4.69. The Morgan fingerprint density at radius 1 is 1.44 bits per heavy atom. The molecule has 18 heavy (non-hydrogen) atoms. The van der Waals surface area contributed by atoms with E-state index in [-0.39, 0.29) is 11.8 Å². The van der Waals surface area contributed by atoms with Gasteiger partial charge < -0.3 is 4.57 Å². The minimum atomic E-state index is 0.0615. The Hall–Kier alpha value is -1.42. The second-order valence-corrected chi connectivity index (χ2v) is 5.74. The lowest BCUT2D eigenvalue weighted by Gasteiger charge is -2.01. The summed E-state index contributed by atoms with van der Waals surface area (Å²) in [6, 6.07) is 8.25. The zero-order chi connectivity index (χ0) is 12.5. The number of thiazole rings is 1. The summed E-state index contributed by atoms with van der Waals surface area (Å²) in [5.41, 5.74) is 1.19. The molecule has 0 spiro atoms. The molecule has 3 rings (SSSR count). The van der Waals surface area contributed by atoms with Gasteiger partial charge in [-0.15, -0.1) is 0 Å². The van der Waals surface area contributed by atoms with Crippen LogP contribution in [0.5, 0.6) is 0 Å². The fourth-order valence-corrected chi connectivity index (χ4v) is 3.12. The van der Waals surface area contributed by atoms with Gasteiger partial charge in [-0.25, -0.2) is 0 Å². The molecule has 94 valence electrons. The average molecular weight is 260 g/mol. The largest absolute Gasteiger partial charge is 0.316 e. The quantitative estimate of drug-likeness (QED) is 0.835. The minimum absolute atomic E-state index is 0.0615. The molecule has 1 saturated carbocycles. The van der Waals surface area contributed by atoms with Crippen LogP contribution in [-0.2, 0) is 11.3 Å². The highest BCUT2D eigenvalue weighted by Gasteiger charge is 2.29. The number of carbonyl (C=O) groups excluding carboxylic acids is 1. The third-order valence-corrected chi connectivity index (χ3v) is 4.23. The number of rotatable bonds is 3. The van der Waals surface area contributed by atoms with E-state index in [1.54, 1.807) is 11.3 Å². The first-order chi connectivity index (χ1) is 8.79. The van der Waals surface area contributed by atoms with Crippen molar-refractivity contribution in [3.63, 3.8) is 0 Å². The Kier molecular flexibility index (Phi) is 3.04. The van der Waals surface area contributed by atoms with E-state index in [4.69, 9.17) is 0 Å². The third-order valence-electron chi connectivity index (χ3n) is 3.17. The smallest absolute Gasteiger partial charge is 0.251 e. The normalized spacial score (nSPS) is 16.4. The number of aryl methyl sites for hydroxylation is 1. The predicted octanol–water partition coefficient (Wildman–Crippen LogP) is 2.95. The van der Waals surface area contributed by atoms with Crippen molar-refractivity contribution in [2.24, 2.45) is 10.9 Å². The summed E-state index contributed by atoms with van der Waals surface area (Å²) in [6.07, 6.45) is 3.08. The summed E-state index contributed by atoms with van der Waals surface area (Å²) < 4.78 is 3.37. The molecule has 1 fully saturated rings. The maximum absolute atomic E-state index is 11.8. The van der Waals surface area contributed by atoms with Crippen molar-refractivity contribution in [3.8, 4) is 0 Å². The number of amides is 1. The summed E-state index contributed by atoms with van der Waals surface area (Å²) in [4.78, 5) is 17.0. The van der Waals surface area contributed by atoms with Gasteiger partial charge in [0.1, 0.15) is 0 Å². The lowest BCUT2D eigenvalue weighted by atomic mass is 10.3. The SMILES string of the molecule is CCCn1c(=NC(=O)C2CC2)sc2ccccc21. The Bertz CT molecular complexity index is 649. The minimum Gasteiger partial charge on any atom is -0.316 e. The molecule has 2 aromatic rings. The van der Waals surface area contributed by atoms with Gasteiger partial charge in [-0.2, -0.15) is 4.99 Å². The van der Waals surface area contributed by atoms with Gasteiger partial charge in [-0.3, -0.25) is 4.79 Å². The Morgan fingerprint density at radius 3 is 2.94 bits per heavy atom. The van der Waals surface area contributed by atoms with E-state index in [2.05, 4.69) is 28.6 Å². The first-order valence-electron chi connectivity index (χ1n) is 6.46. The molecule has 0 N–H and O–H groups in total. The van der Waals surface area contributed by atoms with Crippen molar-refractivity contribution in [1.82, 2.24) is 4.57 Å². The second-order valence-electron chi connectivity index (χ2n) is 4.73. The molecule has 4 heteroatoms. The van der Waals surface area contributed by atoms with E-state index >= 15 is 0 Å². The Balaban J connectivity index is 2.14. The topological polar surface area (TPSA) is 34.4 Å². The molecular formula is C14H16N2OS. The van der Waals surface area contributed by atoms with Crippen LogP contribution in [0, 0.1) is 5.92 Å². The molecule has 1 aliphatic rings. The van der Waals surface area contributed by atoms with E-state index in [9.17, 15) is 4.79 Å². The summed E-state index contributed by atoms with van der Waals surface area (Å²) in [5.74, 6) is 0.261. The van der Waals surface area contributed by atoms with Gasteiger partial charge >= 0.3 is 0 Å². The maximum atomic E-state index is 11.8. The van der Waals surface area contributed by atoms with Gasteiger partial charge in [-0.05, 0) is 31.4 Å². The maximum Gasteiger partial charge on any atom is 0.251 e. The molecule has 0 saturated heterocycles. The molecule has 1 aromatic heterocycles. The average Bonchev–Trinajstić information content (AvgIpc) is 3.16. The fraction of sp³-hybridized carbons (Fsp3) is 0.429. The molecule has 1 heterocycles. The monoisotopic (exact) mass is 260 g/mol. The van der Waals surface area contributed by atoms with Gasteiger partial charge in [0.05, 0.1) is 10.2 Å². The predicted molar refractivity (Wildman–Crippen MR) is 73.4 cm³/mol. The molecule has 1 amide bonds. The Labute approximate surface area is 110 Å². The van der Waals surface area contributed by atoms with Crippen molar-refractivity contribution in [2.75, 3.05) is 0 Å². The molecule has 0 radical (unpaired) electrons. The van der Waals surface area contributed by atoms with Gasteiger partial charge in [0.15, 0.2) is 4.80 Å². The van der Waals surface area contributed by atoms with Crippen molar-refractivity contribution >= 4 is 27.5 Å². The van der Waals surface area contributed by atoms with E-state index in [0.29, 0.717) is 0 Å². The van der Waals surface area contributed by atoms with E-state index in [0.717, 1.165) is 30.6 Å². The number of fused-ring (bicyclic) bond motifs is 1. The highest BCUT2D eigenvalue weighted by Crippen LogP contribution is 2.30. The van der Waals surface area contributed by atoms with Gasteiger partial charge in [0.2, 0.25) is 0 Å². The van der Waals surface area contributed by atoms with Crippen molar-refractivity contribution in [3.05, 3.63) is 29.1 Å². The van der Waals surface area contributed by atoms with E-state index < -0.39 is 0 Å². The van der Waals surface area contributed by atoms with Crippen LogP contribution in [0.4, 0.5) is 0 Å². The molecule has 0 aliphatic heterocycles. The molecular weight excluding hydrogens is 244 g/mol. The molecule has 0 bridgehead atoms. The van der Waals surface area contributed by atoms with Gasteiger partial charge in [-0.1, -0.05) is 30.4 Å². The van der Waals surface area contributed by atoms with E-state index in [1.807, 2.05) is 12.1 Å². The van der Waals surface area contributed by atoms with Crippen LogP contribution in [0.1, 0.15) is 26.2 Å². The van der Waals surface area contributed by atoms with Crippen LogP contribution in [0.15, 0.2) is 29.3 Å². The number of aromatic nitrogens is 1. The van der Waals surface area contributed by atoms with Crippen molar-refractivity contribution in [2.45, 2.75) is 32.7 Å².